The van der Waals surface area contributed by atoms with E-state index in [2.05, 4.69) is 41.2 Å². The van der Waals surface area contributed by atoms with E-state index in [1.807, 2.05) is 0 Å². The molecule has 1 aliphatic carbocycles. The molecule has 1 nitrogen and oxygen atoms in total. The highest BCUT2D eigenvalue weighted by atomic mass is 16.3. The monoisotopic (exact) mass is 210 g/mol. The van der Waals surface area contributed by atoms with Crippen LogP contribution in [0.5, 0.6) is 0 Å². The van der Waals surface area contributed by atoms with Gasteiger partial charge in [0.05, 0.1) is 0 Å². The average Bonchev–Trinajstić information content (AvgIpc) is 2.77. The molecule has 1 saturated carbocycles. The van der Waals surface area contributed by atoms with Gasteiger partial charge >= 0.3 is 0 Å². The Kier molecular flexibility index (Phi) is 3.35. The van der Waals surface area contributed by atoms with Crippen molar-refractivity contribution in [3.63, 3.8) is 0 Å². The van der Waals surface area contributed by atoms with Crippen LogP contribution in [0.25, 0.3) is 0 Å². The Labute approximate surface area is 94.6 Å². The van der Waals surface area contributed by atoms with Crippen molar-refractivity contribution in [3.8, 4) is 0 Å². The first kappa shape index (κ1) is 12.8. The zero-order chi connectivity index (χ0) is 11.9. The Hall–Kier alpha value is -0.300. The van der Waals surface area contributed by atoms with Crippen LogP contribution in [0.15, 0.2) is 12.2 Å². The van der Waals surface area contributed by atoms with Crippen LogP contribution in [0.2, 0.25) is 0 Å². The fourth-order valence-electron chi connectivity index (χ4n) is 2.21. The lowest BCUT2D eigenvalue weighted by Crippen LogP contribution is -2.23. The molecule has 0 spiro atoms. The lowest BCUT2D eigenvalue weighted by molar-refractivity contribution is 0.192. The Morgan fingerprint density at radius 3 is 2.47 bits per heavy atom. The first-order valence-electron chi connectivity index (χ1n) is 6.01. The lowest BCUT2D eigenvalue weighted by Gasteiger charge is -2.33. The molecule has 88 valence electrons. The third-order valence-corrected chi connectivity index (χ3v) is 4.87. The molecular weight excluding hydrogens is 184 g/mol. The van der Waals surface area contributed by atoms with Gasteiger partial charge in [-0.25, -0.2) is 0 Å². The SMILES string of the molecule is C=C(C)C(C)(C)[C@H](C)CC1CC1(C)CO. The minimum atomic E-state index is 0.221. The average molecular weight is 210 g/mol. The van der Waals surface area contributed by atoms with E-state index >= 15 is 0 Å². The van der Waals surface area contributed by atoms with Gasteiger partial charge in [0.1, 0.15) is 0 Å². The van der Waals surface area contributed by atoms with Gasteiger partial charge in [-0.2, -0.15) is 0 Å². The lowest BCUT2D eigenvalue weighted by atomic mass is 9.72. The van der Waals surface area contributed by atoms with Gasteiger partial charge in [-0.05, 0) is 42.4 Å². The maximum Gasteiger partial charge on any atom is 0.0487 e. The van der Waals surface area contributed by atoms with Crippen LogP contribution < -0.4 is 0 Å². The quantitative estimate of drug-likeness (QED) is 0.687. The van der Waals surface area contributed by atoms with Crippen molar-refractivity contribution >= 4 is 0 Å². The van der Waals surface area contributed by atoms with Crippen LogP contribution in [0.4, 0.5) is 0 Å². The second kappa shape index (κ2) is 3.93. The molecule has 1 N–H and O–H groups in total. The van der Waals surface area contributed by atoms with Crippen LogP contribution >= 0.6 is 0 Å². The molecule has 1 fully saturated rings. The normalized spacial score (nSPS) is 32.5. The minimum absolute atomic E-state index is 0.221. The van der Waals surface area contributed by atoms with Gasteiger partial charge < -0.3 is 5.11 Å². The summed E-state index contributed by atoms with van der Waals surface area (Å²) < 4.78 is 0. The van der Waals surface area contributed by atoms with E-state index in [0.29, 0.717) is 12.5 Å². The second-order valence-corrected chi connectivity index (χ2v) is 6.35. The maximum atomic E-state index is 9.24. The number of aliphatic hydroxyl groups is 1. The summed E-state index contributed by atoms with van der Waals surface area (Å²) in [7, 11) is 0. The Morgan fingerprint density at radius 1 is 1.60 bits per heavy atom. The molecule has 0 radical (unpaired) electrons. The number of allylic oxidation sites excluding steroid dienone is 1. The first-order chi connectivity index (χ1) is 6.74. The summed E-state index contributed by atoms with van der Waals surface area (Å²) in [6.45, 7) is 15.6. The smallest absolute Gasteiger partial charge is 0.0487 e. The van der Waals surface area contributed by atoms with E-state index in [9.17, 15) is 5.11 Å². The molecule has 0 aliphatic heterocycles. The predicted octanol–water partition coefficient (Wildman–Crippen LogP) is 3.63. The van der Waals surface area contributed by atoms with Crippen molar-refractivity contribution in [2.24, 2.45) is 22.7 Å². The largest absolute Gasteiger partial charge is 0.396 e. The van der Waals surface area contributed by atoms with Crippen LogP contribution in [0.3, 0.4) is 0 Å². The summed E-state index contributed by atoms with van der Waals surface area (Å²) in [5.74, 6) is 1.37. The number of aliphatic hydroxyl groups excluding tert-OH is 1. The molecule has 0 aromatic rings. The fourth-order valence-corrected chi connectivity index (χ4v) is 2.21. The molecule has 2 unspecified atom stereocenters. The van der Waals surface area contributed by atoms with Gasteiger partial charge in [-0.3, -0.25) is 0 Å². The van der Waals surface area contributed by atoms with Crippen LogP contribution in [-0.2, 0) is 0 Å². The molecule has 0 aromatic carbocycles. The third kappa shape index (κ3) is 2.44. The summed E-state index contributed by atoms with van der Waals surface area (Å²) in [4.78, 5) is 0. The molecular formula is C14H26O. The molecule has 1 aliphatic rings. The Balaban J connectivity index is 2.51. The van der Waals surface area contributed by atoms with Crippen LogP contribution in [0, 0.1) is 22.7 Å². The summed E-state index contributed by atoms with van der Waals surface area (Å²) in [5.41, 5.74) is 1.71. The molecule has 1 heteroatoms. The summed E-state index contributed by atoms with van der Waals surface area (Å²) >= 11 is 0. The zero-order valence-corrected chi connectivity index (χ0v) is 10.9. The van der Waals surface area contributed by atoms with Gasteiger partial charge in [0, 0.05) is 6.61 Å². The van der Waals surface area contributed by atoms with Crippen molar-refractivity contribution in [1.29, 1.82) is 0 Å². The zero-order valence-electron chi connectivity index (χ0n) is 10.9. The highest BCUT2D eigenvalue weighted by Gasteiger charge is 2.50. The van der Waals surface area contributed by atoms with Crippen LogP contribution in [0.1, 0.15) is 47.5 Å². The molecule has 0 bridgehead atoms. The van der Waals surface area contributed by atoms with E-state index in [-0.39, 0.29) is 10.8 Å². The van der Waals surface area contributed by atoms with E-state index in [1.165, 1.54) is 18.4 Å². The summed E-state index contributed by atoms with van der Waals surface area (Å²) in [6, 6.07) is 0. The predicted molar refractivity (Wildman–Crippen MR) is 65.7 cm³/mol. The van der Waals surface area contributed by atoms with Gasteiger partial charge in [-0.15, -0.1) is 0 Å². The van der Waals surface area contributed by atoms with E-state index in [4.69, 9.17) is 0 Å². The van der Waals surface area contributed by atoms with E-state index in [1.54, 1.807) is 0 Å². The third-order valence-electron chi connectivity index (χ3n) is 4.87. The van der Waals surface area contributed by atoms with Crippen molar-refractivity contribution in [3.05, 3.63) is 12.2 Å². The first-order valence-corrected chi connectivity index (χ1v) is 6.01. The van der Waals surface area contributed by atoms with Crippen molar-refractivity contribution in [2.75, 3.05) is 6.61 Å². The van der Waals surface area contributed by atoms with Gasteiger partial charge in [0.2, 0.25) is 0 Å². The standard InChI is InChI=1S/C14H26O/c1-10(2)13(4,5)11(3)7-12-8-14(12,6)9-15/h11-12,15H,1,7-9H2,2-6H3/t11-,12?,14?/m1/s1. The highest BCUT2D eigenvalue weighted by molar-refractivity contribution is 5.07. The van der Waals surface area contributed by atoms with Gasteiger partial charge in [-0.1, -0.05) is 39.8 Å². The topological polar surface area (TPSA) is 20.2 Å². The minimum Gasteiger partial charge on any atom is -0.396 e. The van der Waals surface area contributed by atoms with E-state index in [0.717, 1.165) is 5.92 Å². The van der Waals surface area contributed by atoms with Crippen LogP contribution in [-0.4, -0.2) is 11.7 Å². The maximum absolute atomic E-state index is 9.24. The molecule has 15 heavy (non-hydrogen) atoms. The van der Waals surface area contributed by atoms with Crippen molar-refractivity contribution in [1.82, 2.24) is 0 Å². The fraction of sp³-hybridized carbons (Fsp3) is 0.857. The molecule has 1 rings (SSSR count). The second-order valence-electron chi connectivity index (χ2n) is 6.35. The van der Waals surface area contributed by atoms with Gasteiger partial charge in [0.15, 0.2) is 0 Å². The van der Waals surface area contributed by atoms with Crippen molar-refractivity contribution < 1.29 is 5.11 Å². The molecule has 0 aromatic heterocycles. The number of hydrogen-bond acceptors (Lipinski definition) is 1. The molecule has 3 atom stereocenters. The molecule has 0 heterocycles. The van der Waals surface area contributed by atoms with E-state index < -0.39 is 0 Å². The van der Waals surface area contributed by atoms with Gasteiger partial charge in [0.25, 0.3) is 0 Å². The molecule has 0 saturated heterocycles. The Morgan fingerprint density at radius 2 is 2.13 bits per heavy atom. The van der Waals surface area contributed by atoms with Crippen molar-refractivity contribution in [2.45, 2.75) is 47.5 Å². The summed E-state index contributed by atoms with van der Waals surface area (Å²) in [5, 5.41) is 9.24. The molecule has 0 amide bonds. The number of rotatable bonds is 5. The number of hydrogen-bond donors (Lipinski definition) is 1. The Bertz CT molecular complexity index is 254. The highest BCUT2D eigenvalue weighted by Crippen LogP contribution is 2.56. The summed E-state index contributed by atoms with van der Waals surface area (Å²) in [6.07, 6.45) is 2.41.